The molecule has 21 heavy (non-hydrogen) atoms. The molecule has 1 aromatic rings. The van der Waals surface area contributed by atoms with Gasteiger partial charge in [0.1, 0.15) is 4.90 Å². The highest BCUT2D eigenvalue weighted by Gasteiger charge is 2.20. The van der Waals surface area contributed by atoms with Gasteiger partial charge in [-0.25, -0.2) is 13.1 Å². The summed E-state index contributed by atoms with van der Waals surface area (Å²) in [7, 11) is -3.96. The second-order valence-corrected chi connectivity index (χ2v) is 5.97. The van der Waals surface area contributed by atoms with Crippen molar-refractivity contribution in [3.05, 3.63) is 33.3 Å². The highest BCUT2D eigenvalue weighted by molar-refractivity contribution is 7.89. The number of sulfonamides is 1. The van der Waals surface area contributed by atoms with Gasteiger partial charge >= 0.3 is 5.97 Å². The van der Waals surface area contributed by atoms with Crippen LogP contribution in [-0.2, 0) is 19.6 Å². The van der Waals surface area contributed by atoms with Crippen molar-refractivity contribution >= 4 is 33.3 Å². The SMILES string of the molecule is CCOC(=O)CCNS(=O)(=O)c1ccc([N+](=O)[O-])cc1Cl. The van der Waals surface area contributed by atoms with Gasteiger partial charge in [-0.05, 0) is 13.0 Å². The Hall–Kier alpha value is -1.71. The van der Waals surface area contributed by atoms with E-state index in [0.29, 0.717) is 0 Å². The summed E-state index contributed by atoms with van der Waals surface area (Å²) in [6.07, 6.45) is -0.127. The van der Waals surface area contributed by atoms with Crippen LogP contribution in [0.2, 0.25) is 5.02 Å². The van der Waals surface area contributed by atoms with Crippen LogP contribution in [0, 0.1) is 10.1 Å². The van der Waals surface area contributed by atoms with Gasteiger partial charge in [-0.2, -0.15) is 0 Å². The number of esters is 1. The first-order valence-corrected chi connectivity index (χ1v) is 7.73. The van der Waals surface area contributed by atoms with Crippen LogP contribution >= 0.6 is 11.6 Å². The average molecular weight is 337 g/mol. The molecular formula is C11H13ClN2O6S. The summed E-state index contributed by atoms with van der Waals surface area (Å²) in [5, 5.41) is 10.3. The summed E-state index contributed by atoms with van der Waals surface area (Å²) in [4.78, 5) is 20.7. The maximum atomic E-state index is 12.0. The largest absolute Gasteiger partial charge is 0.466 e. The van der Waals surface area contributed by atoms with Crippen LogP contribution in [0.4, 0.5) is 5.69 Å². The minimum Gasteiger partial charge on any atom is -0.466 e. The van der Waals surface area contributed by atoms with E-state index in [1.807, 2.05) is 0 Å². The molecular weight excluding hydrogens is 324 g/mol. The Bertz CT molecular complexity index is 646. The average Bonchev–Trinajstić information content (AvgIpc) is 2.38. The first kappa shape index (κ1) is 17.3. The third kappa shape index (κ3) is 4.96. The second-order valence-electron chi connectivity index (χ2n) is 3.82. The molecule has 0 amide bonds. The van der Waals surface area contributed by atoms with E-state index in [-0.39, 0.29) is 35.2 Å². The van der Waals surface area contributed by atoms with Gasteiger partial charge < -0.3 is 4.74 Å². The number of hydrogen-bond acceptors (Lipinski definition) is 6. The van der Waals surface area contributed by atoms with Gasteiger partial charge in [0.15, 0.2) is 0 Å². The number of ether oxygens (including phenoxy) is 1. The molecule has 1 rings (SSSR count). The molecule has 0 aromatic heterocycles. The fraction of sp³-hybridized carbons (Fsp3) is 0.364. The van der Waals surface area contributed by atoms with Crippen LogP contribution in [-0.4, -0.2) is 32.5 Å². The van der Waals surface area contributed by atoms with Crippen molar-refractivity contribution in [3.63, 3.8) is 0 Å². The standard InChI is InChI=1S/C11H13ClN2O6S/c1-2-20-11(15)5-6-13-21(18,19)10-4-3-8(14(16)17)7-9(10)12/h3-4,7,13H,2,5-6H2,1H3. The quantitative estimate of drug-likeness (QED) is 0.458. The van der Waals surface area contributed by atoms with Crippen molar-refractivity contribution in [2.24, 2.45) is 0 Å². The summed E-state index contributed by atoms with van der Waals surface area (Å²) >= 11 is 5.73. The maximum Gasteiger partial charge on any atom is 0.307 e. The maximum absolute atomic E-state index is 12.0. The minimum absolute atomic E-state index is 0.127. The molecule has 0 unspecified atom stereocenters. The summed E-state index contributed by atoms with van der Waals surface area (Å²) in [5.41, 5.74) is -0.314. The Morgan fingerprint density at radius 1 is 1.48 bits per heavy atom. The van der Waals surface area contributed by atoms with E-state index < -0.39 is 20.9 Å². The van der Waals surface area contributed by atoms with E-state index in [1.54, 1.807) is 6.92 Å². The Morgan fingerprint density at radius 3 is 2.67 bits per heavy atom. The first-order chi connectivity index (χ1) is 9.77. The Balaban J connectivity index is 2.79. The lowest BCUT2D eigenvalue weighted by molar-refractivity contribution is -0.384. The van der Waals surface area contributed by atoms with Crippen molar-refractivity contribution in [1.29, 1.82) is 0 Å². The van der Waals surface area contributed by atoms with Gasteiger partial charge in [0.25, 0.3) is 5.69 Å². The van der Waals surface area contributed by atoms with E-state index in [4.69, 9.17) is 11.6 Å². The van der Waals surface area contributed by atoms with E-state index in [2.05, 4.69) is 9.46 Å². The number of hydrogen-bond donors (Lipinski definition) is 1. The summed E-state index contributed by atoms with van der Waals surface area (Å²) in [6, 6.07) is 3.01. The lowest BCUT2D eigenvalue weighted by Gasteiger charge is -2.08. The molecule has 10 heteroatoms. The second kappa shape index (κ2) is 7.34. The molecule has 116 valence electrons. The number of rotatable bonds is 7. The Labute approximate surface area is 126 Å². The number of carbonyl (C=O) groups excluding carboxylic acids is 1. The van der Waals surface area contributed by atoms with E-state index >= 15 is 0 Å². The zero-order valence-corrected chi connectivity index (χ0v) is 12.6. The van der Waals surface area contributed by atoms with Gasteiger partial charge in [0, 0.05) is 18.7 Å². The first-order valence-electron chi connectivity index (χ1n) is 5.87. The van der Waals surface area contributed by atoms with Gasteiger partial charge in [-0.15, -0.1) is 0 Å². The number of carbonyl (C=O) groups is 1. The molecule has 1 aromatic carbocycles. The molecule has 0 aliphatic rings. The number of nitro benzene ring substituents is 1. The van der Waals surface area contributed by atoms with Crippen LogP contribution < -0.4 is 4.72 Å². The van der Waals surface area contributed by atoms with Gasteiger partial charge in [-0.3, -0.25) is 14.9 Å². The molecule has 0 aliphatic heterocycles. The van der Waals surface area contributed by atoms with E-state index in [9.17, 15) is 23.3 Å². The summed E-state index contributed by atoms with van der Waals surface area (Å²) < 4.78 is 30.7. The number of nitrogens with zero attached hydrogens (tertiary/aromatic N) is 1. The molecule has 0 saturated carbocycles. The normalized spacial score (nSPS) is 11.1. The third-order valence-corrected chi connectivity index (χ3v) is 4.29. The minimum atomic E-state index is -3.96. The monoisotopic (exact) mass is 336 g/mol. The third-order valence-electron chi connectivity index (χ3n) is 2.34. The number of nitro groups is 1. The highest BCUT2D eigenvalue weighted by atomic mass is 35.5. The Morgan fingerprint density at radius 2 is 2.14 bits per heavy atom. The molecule has 0 heterocycles. The number of nitrogens with one attached hydrogen (secondary N) is 1. The molecule has 0 atom stereocenters. The zero-order valence-electron chi connectivity index (χ0n) is 11.0. The zero-order chi connectivity index (χ0) is 16.0. The fourth-order valence-corrected chi connectivity index (χ4v) is 2.99. The van der Waals surface area contributed by atoms with Crippen molar-refractivity contribution in [1.82, 2.24) is 4.72 Å². The smallest absolute Gasteiger partial charge is 0.307 e. The Kier molecular flexibility index (Phi) is 6.06. The predicted molar refractivity (Wildman–Crippen MR) is 74.5 cm³/mol. The van der Waals surface area contributed by atoms with Crippen LogP contribution in [0.1, 0.15) is 13.3 Å². The van der Waals surface area contributed by atoms with Crippen molar-refractivity contribution in [2.45, 2.75) is 18.2 Å². The van der Waals surface area contributed by atoms with Crippen molar-refractivity contribution < 1.29 is 22.9 Å². The number of halogens is 1. The van der Waals surface area contributed by atoms with Crippen LogP contribution in [0.15, 0.2) is 23.1 Å². The lowest BCUT2D eigenvalue weighted by Crippen LogP contribution is -2.27. The van der Waals surface area contributed by atoms with E-state index in [1.165, 1.54) is 0 Å². The summed E-state index contributed by atoms with van der Waals surface area (Å²) in [6.45, 7) is 1.69. The molecule has 0 aliphatic carbocycles. The van der Waals surface area contributed by atoms with Crippen LogP contribution in [0.3, 0.4) is 0 Å². The van der Waals surface area contributed by atoms with Gasteiger partial charge in [0.2, 0.25) is 10.0 Å². The fourth-order valence-electron chi connectivity index (χ4n) is 1.42. The molecule has 1 N–H and O–H groups in total. The molecule has 0 saturated heterocycles. The number of non-ortho nitro benzene ring substituents is 1. The number of benzene rings is 1. The molecule has 0 bridgehead atoms. The van der Waals surface area contributed by atoms with Crippen molar-refractivity contribution in [2.75, 3.05) is 13.2 Å². The predicted octanol–water partition coefficient (Wildman–Crippen LogP) is 1.48. The molecule has 8 nitrogen and oxygen atoms in total. The topological polar surface area (TPSA) is 116 Å². The van der Waals surface area contributed by atoms with Crippen LogP contribution in [0.5, 0.6) is 0 Å². The summed E-state index contributed by atoms with van der Waals surface area (Å²) in [5.74, 6) is -0.532. The lowest BCUT2D eigenvalue weighted by atomic mass is 10.3. The molecule has 0 fully saturated rings. The van der Waals surface area contributed by atoms with Gasteiger partial charge in [-0.1, -0.05) is 11.6 Å². The highest BCUT2D eigenvalue weighted by Crippen LogP contribution is 2.25. The van der Waals surface area contributed by atoms with E-state index in [0.717, 1.165) is 18.2 Å². The van der Waals surface area contributed by atoms with Crippen LogP contribution in [0.25, 0.3) is 0 Å². The van der Waals surface area contributed by atoms with Gasteiger partial charge in [0.05, 0.1) is 23.0 Å². The van der Waals surface area contributed by atoms with Crippen molar-refractivity contribution in [3.8, 4) is 0 Å². The molecule has 0 spiro atoms. The molecule has 0 radical (unpaired) electrons.